The van der Waals surface area contributed by atoms with Gasteiger partial charge in [0.1, 0.15) is 6.61 Å². The molecule has 3 aliphatic rings. The topological polar surface area (TPSA) is 97.6 Å². The number of imidazole rings is 1. The highest BCUT2D eigenvalue weighted by Gasteiger charge is 2.47. The van der Waals surface area contributed by atoms with Crippen LogP contribution in [0.5, 0.6) is 0 Å². The number of piperidine rings is 1. The van der Waals surface area contributed by atoms with Gasteiger partial charge in [-0.05, 0) is 67.6 Å². The standard InChI is InChI=1S/C29H32F3N5O3/c30-29(31,32)21-12-20(27(38)33-14-21)13-22-10-11-24-34-23(15-37(24)36-22)26(25(18-6-7-18)19-8-9-19)35-28(39)40-16-17-4-2-1-3-5-17/h1-5,10-11,15,18-21,25-26H,6-9,12-14,16H2,(H,33,38)(H,35,39)/t20?,21-,26-/m1/s1. The molecule has 212 valence electrons. The first-order chi connectivity index (χ1) is 19.2. The molecule has 2 saturated carbocycles. The SMILES string of the molecule is O=C(N[C@H](c1cn2nc(CC3C[C@@H](C(F)(F)F)CNC3=O)ccc2n1)C(C1CC1)C1CC1)OCc1ccccc1. The maximum absolute atomic E-state index is 13.3. The first-order valence-electron chi connectivity index (χ1n) is 13.9. The van der Waals surface area contributed by atoms with E-state index in [1.807, 2.05) is 30.3 Å². The maximum Gasteiger partial charge on any atom is 0.408 e. The summed E-state index contributed by atoms with van der Waals surface area (Å²) < 4.78 is 46.9. The first-order valence-corrected chi connectivity index (χ1v) is 13.9. The number of nitrogens with zero attached hydrogens (tertiary/aromatic N) is 3. The summed E-state index contributed by atoms with van der Waals surface area (Å²) in [5.74, 6) is -1.47. The van der Waals surface area contributed by atoms with E-state index in [4.69, 9.17) is 9.72 Å². The Hall–Kier alpha value is -3.63. The molecule has 3 fully saturated rings. The van der Waals surface area contributed by atoms with Crippen LogP contribution in [-0.2, 0) is 22.6 Å². The van der Waals surface area contributed by atoms with Gasteiger partial charge in [-0.15, -0.1) is 0 Å². The van der Waals surface area contributed by atoms with Gasteiger partial charge < -0.3 is 15.4 Å². The molecular weight excluding hydrogens is 523 g/mol. The Morgan fingerprint density at radius 3 is 2.50 bits per heavy atom. The molecule has 0 bridgehead atoms. The lowest BCUT2D eigenvalue weighted by Crippen LogP contribution is -2.47. The molecule has 6 rings (SSSR count). The third-order valence-corrected chi connectivity index (χ3v) is 8.30. The number of nitrogens with one attached hydrogen (secondary N) is 2. The Balaban J connectivity index is 1.20. The molecule has 3 aromatic rings. The Morgan fingerprint density at radius 2 is 1.82 bits per heavy atom. The third-order valence-electron chi connectivity index (χ3n) is 8.30. The molecule has 2 N–H and O–H groups in total. The third kappa shape index (κ3) is 6.08. The van der Waals surface area contributed by atoms with Crippen molar-refractivity contribution in [3.8, 4) is 0 Å². The second kappa shape index (κ2) is 10.7. The molecule has 3 heterocycles. The van der Waals surface area contributed by atoms with Crippen LogP contribution in [0.15, 0.2) is 48.7 Å². The normalized spacial score (nSPS) is 22.2. The van der Waals surface area contributed by atoms with Crippen molar-refractivity contribution in [2.75, 3.05) is 6.54 Å². The van der Waals surface area contributed by atoms with E-state index < -0.39 is 24.1 Å². The van der Waals surface area contributed by atoms with E-state index in [0.29, 0.717) is 28.9 Å². The van der Waals surface area contributed by atoms with Crippen molar-refractivity contribution in [3.05, 3.63) is 65.6 Å². The lowest BCUT2D eigenvalue weighted by Gasteiger charge is -2.30. The molecule has 2 aliphatic carbocycles. The van der Waals surface area contributed by atoms with E-state index >= 15 is 0 Å². The van der Waals surface area contributed by atoms with Crippen molar-refractivity contribution in [2.45, 2.75) is 57.3 Å². The predicted octanol–water partition coefficient (Wildman–Crippen LogP) is 4.99. The van der Waals surface area contributed by atoms with E-state index in [1.165, 1.54) is 0 Å². The van der Waals surface area contributed by atoms with Gasteiger partial charge in [-0.25, -0.2) is 14.3 Å². The summed E-state index contributed by atoms with van der Waals surface area (Å²) in [5.41, 5.74) is 2.65. The Labute approximate surface area is 229 Å². The number of ether oxygens (including phenoxy) is 1. The molecule has 0 radical (unpaired) electrons. The number of benzene rings is 1. The fourth-order valence-electron chi connectivity index (χ4n) is 5.93. The van der Waals surface area contributed by atoms with E-state index in [-0.39, 0.29) is 43.9 Å². The van der Waals surface area contributed by atoms with Crippen LogP contribution < -0.4 is 10.6 Å². The molecule has 40 heavy (non-hydrogen) atoms. The van der Waals surface area contributed by atoms with Crippen LogP contribution in [0.25, 0.3) is 5.65 Å². The molecule has 1 unspecified atom stereocenters. The van der Waals surface area contributed by atoms with Crippen LogP contribution in [0.3, 0.4) is 0 Å². The van der Waals surface area contributed by atoms with Gasteiger partial charge in [-0.2, -0.15) is 18.3 Å². The number of amides is 2. The van der Waals surface area contributed by atoms with Crippen molar-refractivity contribution in [3.63, 3.8) is 0 Å². The van der Waals surface area contributed by atoms with Crippen molar-refractivity contribution >= 4 is 17.6 Å². The molecule has 1 saturated heterocycles. The Bertz CT molecular complexity index is 1360. The highest BCUT2D eigenvalue weighted by molar-refractivity contribution is 5.79. The van der Waals surface area contributed by atoms with Crippen molar-refractivity contribution in [1.29, 1.82) is 0 Å². The fourth-order valence-corrected chi connectivity index (χ4v) is 5.93. The number of carbonyl (C=O) groups excluding carboxylic acids is 2. The number of halogens is 3. The first kappa shape index (κ1) is 26.6. The van der Waals surface area contributed by atoms with E-state index in [2.05, 4.69) is 15.7 Å². The average Bonchev–Trinajstić information content (AvgIpc) is 3.87. The number of aromatic nitrogens is 3. The summed E-state index contributed by atoms with van der Waals surface area (Å²) in [4.78, 5) is 30.0. The zero-order valence-corrected chi connectivity index (χ0v) is 21.9. The zero-order chi connectivity index (χ0) is 27.9. The number of hydrogen-bond acceptors (Lipinski definition) is 5. The number of alkyl halides is 3. The van der Waals surface area contributed by atoms with Gasteiger partial charge in [-0.3, -0.25) is 4.79 Å². The molecule has 2 aromatic heterocycles. The van der Waals surface area contributed by atoms with Gasteiger partial charge in [0.05, 0.1) is 29.5 Å². The lowest BCUT2D eigenvalue weighted by atomic mass is 9.86. The van der Waals surface area contributed by atoms with Crippen LogP contribution in [0.1, 0.15) is 55.1 Å². The predicted molar refractivity (Wildman–Crippen MR) is 139 cm³/mol. The van der Waals surface area contributed by atoms with Crippen LogP contribution >= 0.6 is 0 Å². The number of hydrogen-bond donors (Lipinski definition) is 2. The maximum atomic E-state index is 13.3. The average molecular weight is 556 g/mol. The molecule has 1 aliphatic heterocycles. The Morgan fingerprint density at radius 1 is 1.10 bits per heavy atom. The summed E-state index contributed by atoms with van der Waals surface area (Å²) in [5, 5.41) is 10.1. The van der Waals surface area contributed by atoms with E-state index in [1.54, 1.807) is 22.8 Å². The molecular formula is C29H32F3N5O3. The van der Waals surface area contributed by atoms with Crippen molar-refractivity contribution < 1.29 is 27.5 Å². The number of carbonyl (C=O) groups is 2. The van der Waals surface area contributed by atoms with E-state index in [9.17, 15) is 22.8 Å². The van der Waals surface area contributed by atoms with Gasteiger partial charge in [0, 0.05) is 18.9 Å². The van der Waals surface area contributed by atoms with Crippen LogP contribution in [0.4, 0.5) is 18.0 Å². The summed E-state index contributed by atoms with van der Waals surface area (Å²) >= 11 is 0. The molecule has 1 aromatic carbocycles. The Kier molecular flexibility index (Phi) is 7.14. The van der Waals surface area contributed by atoms with Gasteiger partial charge in [-0.1, -0.05) is 30.3 Å². The zero-order valence-electron chi connectivity index (χ0n) is 21.9. The molecule has 11 heteroatoms. The summed E-state index contributed by atoms with van der Waals surface area (Å²) in [6.07, 6.45) is 1.24. The monoisotopic (exact) mass is 555 g/mol. The lowest BCUT2D eigenvalue weighted by molar-refractivity contribution is -0.183. The smallest absolute Gasteiger partial charge is 0.408 e. The molecule has 2 amide bonds. The number of rotatable bonds is 9. The molecule has 0 spiro atoms. The largest absolute Gasteiger partial charge is 0.445 e. The van der Waals surface area contributed by atoms with Crippen LogP contribution in [0, 0.1) is 29.6 Å². The van der Waals surface area contributed by atoms with Crippen LogP contribution in [-0.4, -0.2) is 39.3 Å². The van der Waals surface area contributed by atoms with Gasteiger partial charge >= 0.3 is 12.3 Å². The summed E-state index contributed by atoms with van der Waals surface area (Å²) in [6.45, 7) is -0.224. The second-order valence-electron chi connectivity index (χ2n) is 11.3. The van der Waals surface area contributed by atoms with Crippen molar-refractivity contribution in [1.82, 2.24) is 25.2 Å². The van der Waals surface area contributed by atoms with E-state index in [0.717, 1.165) is 31.2 Å². The molecule has 3 atom stereocenters. The minimum atomic E-state index is -4.35. The summed E-state index contributed by atoms with van der Waals surface area (Å²) in [7, 11) is 0. The fraction of sp³-hybridized carbons (Fsp3) is 0.517. The second-order valence-corrected chi connectivity index (χ2v) is 11.3. The van der Waals surface area contributed by atoms with Gasteiger partial charge in [0.25, 0.3) is 0 Å². The minimum Gasteiger partial charge on any atom is -0.445 e. The number of alkyl carbamates (subject to hydrolysis) is 1. The highest BCUT2D eigenvalue weighted by atomic mass is 19.4. The minimum absolute atomic E-state index is 0.0993. The number of fused-ring (bicyclic) bond motifs is 1. The van der Waals surface area contributed by atoms with Gasteiger partial charge in [0.2, 0.25) is 5.91 Å². The van der Waals surface area contributed by atoms with Crippen molar-refractivity contribution in [2.24, 2.45) is 29.6 Å². The quantitative estimate of drug-likeness (QED) is 0.388. The molecule has 8 nitrogen and oxygen atoms in total. The summed E-state index contributed by atoms with van der Waals surface area (Å²) in [6, 6.07) is 12.6. The van der Waals surface area contributed by atoms with Gasteiger partial charge in [0.15, 0.2) is 5.65 Å². The van der Waals surface area contributed by atoms with Crippen LogP contribution in [0.2, 0.25) is 0 Å². The highest BCUT2D eigenvalue weighted by Crippen LogP contribution is 2.54.